The van der Waals surface area contributed by atoms with E-state index in [-0.39, 0.29) is 10.6 Å². The summed E-state index contributed by atoms with van der Waals surface area (Å²) in [4.78, 5) is 0.245. The van der Waals surface area contributed by atoms with E-state index in [1.54, 1.807) is 42.5 Å². The van der Waals surface area contributed by atoms with E-state index in [0.29, 0.717) is 17.8 Å². The van der Waals surface area contributed by atoms with Crippen molar-refractivity contribution >= 4 is 31.5 Å². The monoisotopic (exact) mass is 355 g/mol. The van der Waals surface area contributed by atoms with Gasteiger partial charge in [0.2, 0.25) is 0 Å². The van der Waals surface area contributed by atoms with Crippen molar-refractivity contribution in [1.29, 1.82) is 0 Å². The highest BCUT2D eigenvalue weighted by Crippen LogP contribution is 2.25. The highest BCUT2D eigenvalue weighted by Gasteiger charge is 2.12. The molecule has 0 saturated heterocycles. The molecule has 6 heteroatoms. The van der Waals surface area contributed by atoms with E-state index >= 15 is 0 Å². The molecule has 0 aliphatic rings. The van der Waals surface area contributed by atoms with Crippen molar-refractivity contribution in [2.24, 2.45) is 0 Å². The molecule has 2 rings (SSSR count). The Kier molecular flexibility index (Phi) is 4.35. The fourth-order valence-electron chi connectivity index (χ4n) is 1.82. The summed E-state index contributed by atoms with van der Waals surface area (Å²) >= 11 is 3.33. The van der Waals surface area contributed by atoms with Gasteiger partial charge in [-0.15, -0.1) is 0 Å². The summed E-state index contributed by atoms with van der Waals surface area (Å²) in [6.45, 7) is 0.331. The summed E-state index contributed by atoms with van der Waals surface area (Å²) in [6.07, 6.45) is 1.17. The van der Waals surface area contributed by atoms with Gasteiger partial charge in [0, 0.05) is 22.8 Å². The Morgan fingerprint density at radius 1 is 1.20 bits per heavy atom. The van der Waals surface area contributed by atoms with Gasteiger partial charge in [-0.25, -0.2) is 8.42 Å². The molecule has 2 aromatic carbocycles. The minimum absolute atomic E-state index is 0.164. The van der Waals surface area contributed by atoms with Crippen molar-refractivity contribution in [2.45, 2.75) is 11.4 Å². The van der Waals surface area contributed by atoms with Crippen LogP contribution in [0.1, 0.15) is 5.56 Å². The Bertz CT molecular complexity index is 729. The maximum absolute atomic E-state index is 11.7. The average Bonchev–Trinajstić information content (AvgIpc) is 2.39. The topological polar surface area (TPSA) is 66.4 Å². The minimum Gasteiger partial charge on any atom is -0.508 e. The lowest BCUT2D eigenvalue weighted by Crippen LogP contribution is -2.06. The number of hydrogen-bond acceptors (Lipinski definition) is 4. The van der Waals surface area contributed by atoms with Gasteiger partial charge in [-0.05, 0) is 30.3 Å². The average molecular weight is 356 g/mol. The molecule has 106 valence electrons. The van der Waals surface area contributed by atoms with Crippen LogP contribution in [0.25, 0.3) is 0 Å². The Balaban J connectivity index is 2.26. The van der Waals surface area contributed by atoms with Gasteiger partial charge in [0.1, 0.15) is 5.75 Å². The van der Waals surface area contributed by atoms with Gasteiger partial charge in [0.25, 0.3) is 0 Å². The van der Waals surface area contributed by atoms with Gasteiger partial charge >= 0.3 is 0 Å². The number of sulfone groups is 1. The molecular formula is C14H14BrNO3S. The predicted octanol–water partition coefficient (Wildman–Crippen LogP) is 3.17. The molecular weight excluding hydrogens is 342 g/mol. The van der Waals surface area contributed by atoms with Crippen LogP contribution in [-0.2, 0) is 16.4 Å². The van der Waals surface area contributed by atoms with Crippen molar-refractivity contribution < 1.29 is 13.5 Å². The molecule has 0 spiro atoms. The summed E-state index contributed by atoms with van der Waals surface area (Å²) in [5.74, 6) is 0.164. The quantitative estimate of drug-likeness (QED) is 0.883. The van der Waals surface area contributed by atoms with Crippen molar-refractivity contribution in [3.8, 4) is 5.75 Å². The molecule has 20 heavy (non-hydrogen) atoms. The number of phenolic OH excluding ortho intramolecular Hbond substituents is 1. The predicted molar refractivity (Wildman–Crippen MR) is 82.7 cm³/mol. The van der Waals surface area contributed by atoms with Crippen molar-refractivity contribution in [2.75, 3.05) is 11.6 Å². The first kappa shape index (κ1) is 14.9. The van der Waals surface area contributed by atoms with Crippen LogP contribution in [0.5, 0.6) is 5.75 Å². The number of halogens is 1. The van der Waals surface area contributed by atoms with E-state index in [0.717, 1.165) is 4.47 Å². The van der Waals surface area contributed by atoms with Gasteiger partial charge in [0.05, 0.1) is 10.6 Å². The lowest BCUT2D eigenvalue weighted by molar-refractivity contribution is 0.469. The number of anilines is 1. The number of rotatable bonds is 4. The van der Waals surface area contributed by atoms with E-state index in [2.05, 4.69) is 21.2 Å². The zero-order valence-corrected chi connectivity index (χ0v) is 13.2. The number of nitrogens with one attached hydrogen (secondary N) is 1. The first-order valence-corrected chi connectivity index (χ1v) is 8.57. The normalized spacial score (nSPS) is 11.3. The van der Waals surface area contributed by atoms with Crippen molar-refractivity contribution in [3.63, 3.8) is 0 Å². The second-order valence-corrected chi connectivity index (χ2v) is 7.29. The first-order valence-electron chi connectivity index (χ1n) is 5.88. The maximum Gasteiger partial charge on any atom is 0.177 e. The van der Waals surface area contributed by atoms with Gasteiger partial charge in [-0.1, -0.05) is 28.1 Å². The number of benzene rings is 2. The van der Waals surface area contributed by atoms with Crippen molar-refractivity contribution in [1.82, 2.24) is 0 Å². The SMILES string of the molecule is CS(=O)(=O)c1ccccc1NCc1cc(Br)ccc1O. The maximum atomic E-state index is 11.7. The second kappa shape index (κ2) is 5.85. The minimum atomic E-state index is -3.29. The summed E-state index contributed by atoms with van der Waals surface area (Å²) < 4.78 is 24.2. The highest BCUT2D eigenvalue weighted by atomic mass is 79.9. The molecule has 4 nitrogen and oxygen atoms in total. The number of aromatic hydroxyl groups is 1. The third-order valence-electron chi connectivity index (χ3n) is 2.80. The van der Waals surface area contributed by atoms with Crippen LogP contribution in [0, 0.1) is 0 Å². The summed E-state index contributed by atoms with van der Waals surface area (Å²) in [5, 5.41) is 12.8. The Morgan fingerprint density at radius 2 is 1.90 bits per heavy atom. The third-order valence-corrected chi connectivity index (χ3v) is 4.45. The van der Waals surface area contributed by atoms with E-state index in [1.165, 1.54) is 6.26 Å². The molecule has 0 aromatic heterocycles. The van der Waals surface area contributed by atoms with Crippen LogP contribution in [0.3, 0.4) is 0 Å². The fraction of sp³-hybridized carbons (Fsp3) is 0.143. The zero-order chi connectivity index (χ0) is 14.8. The van der Waals surface area contributed by atoms with Gasteiger partial charge in [-0.3, -0.25) is 0 Å². The summed E-state index contributed by atoms with van der Waals surface area (Å²) in [6, 6.07) is 11.8. The number of hydrogen-bond donors (Lipinski definition) is 2. The van der Waals surface area contributed by atoms with Crippen LogP contribution in [-0.4, -0.2) is 19.8 Å². The Morgan fingerprint density at radius 3 is 2.60 bits per heavy atom. The summed E-state index contributed by atoms with van der Waals surface area (Å²) in [5.41, 5.74) is 1.21. The largest absolute Gasteiger partial charge is 0.508 e. The zero-order valence-electron chi connectivity index (χ0n) is 10.8. The molecule has 0 atom stereocenters. The molecule has 0 bridgehead atoms. The van der Waals surface area contributed by atoms with Crippen LogP contribution in [0.15, 0.2) is 51.8 Å². The smallest absolute Gasteiger partial charge is 0.177 e. The molecule has 0 heterocycles. The van der Waals surface area contributed by atoms with Crippen LogP contribution < -0.4 is 5.32 Å². The van der Waals surface area contributed by atoms with Crippen LogP contribution >= 0.6 is 15.9 Å². The van der Waals surface area contributed by atoms with Crippen LogP contribution in [0.2, 0.25) is 0 Å². The molecule has 0 fully saturated rings. The lowest BCUT2D eigenvalue weighted by atomic mass is 10.2. The highest BCUT2D eigenvalue weighted by molar-refractivity contribution is 9.10. The van der Waals surface area contributed by atoms with Gasteiger partial charge in [-0.2, -0.15) is 0 Å². The molecule has 2 N–H and O–H groups in total. The Hall–Kier alpha value is -1.53. The molecule has 0 radical (unpaired) electrons. The van der Waals surface area contributed by atoms with E-state index in [4.69, 9.17) is 0 Å². The lowest BCUT2D eigenvalue weighted by Gasteiger charge is -2.12. The number of phenols is 1. The molecule has 0 saturated carbocycles. The molecule has 0 aliphatic heterocycles. The van der Waals surface area contributed by atoms with E-state index in [9.17, 15) is 13.5 Å². The Labute approximate surface area is 126 Å². The molecule has 2 aromatic rings. The van der Waals surface area contributed by atoms with E-state index in [1.807, 2.05) is 0 Å². The van der Waals surface area contributed by atoms with Gasteiger partial charge in [0.15, 0.2) is 9.84 Å². The van der Waals surface area contributed by atoms with Crippen LogP contribution in [0.4, 0.5) is 5.69 Å². The fourth-order valence-corrected chi connectivity index (χ4v) is 3.10. The molecule has 0 unspecified atom stereocenters. The van der Waals surface area contributed by atoms with Crippen molar-refractivity contribution in [3.05, 3.63) is 52.5 Å². The molecule has 0 amide bonds. The van der Waals surface area contributed by atoms with E-state index < -0.39 is 9.84 Å². The standard InChI is InChI=1S/C14H14BrNO3S/c1-20(18,19)14-5-3-2-4-12(14)16-9-10-8-11(15)6-7-13(10)17/h2-8,16-17H,9H2,1H3. The molecule has 0 aliphatic carbocycles. The first-order chi connectivity index (χ1) is 9.38. The third kappa shape index (κ3) is 3.52. The summed E-state index contributed by atoms with van der Waals surface area (Å²) in [7, 11) is -3.29. The van der Waals surface area contributed by atoms with Gasteiger partial charge < -0.3 is 10.4 Å². The number of para-hydroxylation sites is 1. The second-order valence-electron chi connectivity index (χ2n) is 4.39.